The smallest absolute Gasteiger partial charge is 0.178 e. The zero-order valence-corrected chi connectivity index (χ0v) is 20.0. The number of H-pyrrole nitrogens is 2. The lowest BCUT2D eigenvalue weighted by molar-refractivity contribution is 0.305. The summed E-state index contributed by atoms with van der Waals surface area (Å²) in [6, 6.07) is 21.7. The first-order valence-electron chi connectivity index (χ1n) is 12.0. The van der Waals surface area contributed by atoms with E-state index in [9.17, 15) is 0 Å². The maximum absolute atomic E-state index is 5.97. The molecule has 0 bridgehead atoms. The van der Waals surface area contributed by atoms with Gasteiger partial charge in [0.2, 0.25) is 0 Å². The molecule has 38 heavy (non-hydrogen) atoms. The first-order valence-corrected chi connectivity index (χ1v) is 12.0. The molecule has 9 heteroatoms. The van der Waals surface area contributed by atoms with Crippen molar-refractivity contribution in [3.05, 3.63) is 103 Å². The van der Waals surface area contributed by atoms with Crippen LogP contribution >= 0.6 is 0 Å². The second-order valence-corrected chi connectivity index (χ2v) is 8.73. The number of ether oxygens (including phenoxy) is 1. The van der Waals surface area contributed by atoms with Crippen LogP contribution in [0.4, 0.5) is 0 Å². The van der Waals surface area contributed by atoms with Gasteiger partial charge in [-0.25, -0.2) is 15.0 Å². The normalized spacial score (nSPS) is 11.3. The number of aromatic nitrogens is 8. The Kier molecular flexibility index (Phi) is 5.29. The van der Waals surface area contributed by atoms with Gasteiger partial charge in [0.25, 0.3) is 0 Å². The Morgan fingerprint density at radius 2 is 1.68 bits per heavy atom. The highest BCUT2D eigenvalue weighted by atomic mass is 16.5. The molecule has 0 atom stereocenters. The van der Waals surface area contributed by atoms with Gasteiger partial charge in [-0.2, -0.15) is 5.10 Å². The Hall–Kier alpha value is -5.44. The van der Waals surface area contributed by atoms with Crippen molar-refractivity contribution in [3.8, 4) is 39.7 Å². The molecule has 182 valence electrons. The van der Waals surface area contributed by atoms with Crippen LogP contribution in [-0.4, -0.2) is 40.1 Å². The molecular formula is C29H20N8O. The molecule has 0 aliphatic heterocycles. The summed E-state index contributed by atoms with van der Waals surface area (Å²) >= 11 is 0. The summed E-state index contributed by atoms with van der Waals surface area (Å²) in [5.74, 6) is 1.26. The lowest BCUT2D eigenvalue weighted by atomic mass is 10.1. The summed E-state index contributed by atoms with van der Waals surface area (Å²) in [5.41, 5.74) is 8.25. The molecule has 0 radical (unpaired) electrons. The number of nitrogens with zero attached hydrogens (tertiary/aromatic N) is 6. The molecule has 1 aromatic carbocycles. The number of fused-ring (bicyclic) bond motifs is 2. The topological polar surface area (TPSA) is 118 Å². The number of benzene rings is 1. The molecule has 0 spiro atoms. The summed E-state index contributed by atoms with van der Waals surface area (Å²) in [5, 5.41) is 7.58. The van der Waals surface area contributed by atoms with E-state index in [0.29, 0.717) is 35.0 Å². The molecule has 6 aromatic heterocycles. The summed E-state index contributed by atoms with van der Waals surface area (Å²) < 4.78 is 5.97. The van der Waals surface area contributed by atoms with Crippen LogP contribution in [0.15, 0.2) is 97.7 Å². The average molecular weight is 497 g/mol. The Morgan fingerprint density at radius 1 is 0.789 bits per heavy atom. The molecule has 7 aromatic rings. The van der Waals surface area contributed by atoms with Gasteiger partial charge in [-0.05, 0) is 47.5 Å². The highest BCUT2D eigenvalue weighted by Crippen LogP contribution is 2.31. The summed E-state index contributed by atoms with van der Waals surface area (Å²) in [6.07, 6.45) is 8.76. The van der Waals surface area contributed by atoms with E-state index in [1.807, 2.05) is 66.7 Å². The Labute approximate surface area is 216 Å². The van der Waals surface area contributed by atoms with Crippen molar-refractivity contribution >= 4 is 22.2 Å². The Bertz CT molecular complexity index is 1880. The zero-order chi connectivity index (χ0) is 25.3. The van der Waals surface area contributed by atoms with E-state index in [-0.39, 0.29) is 0 Å². The number of hydrogen-bond donors (Lipinski definition) is 2. The van der Waals surface area contributed by atoms with Crippen molar-refractivity contribution in [2.75, 3.05) is 0 Å². The standard InChI is InChI=1S/C29H20N8O/c1-2-4-18(5-3-1)17-38-21-14-20(15-31-16-21)23-6-7-24-26(33-23)27(37-36-24)29-34-25-22(10-13-32-28(25)35-29)19-8-11-30-12-9-19/h1-16H,17H2,(H,36,37)(H,32,34,35). The van der Waals surface area contributed by atoms with Gasteiger partial charge in [-0.15, -0.1) is 0 Å². The molecule has 2 N–H and O–H groups in total. The quantitative estimate of drug-likeness (QED) is 0.308. The van der Waals surface area contributed by atoms with E-state index in [1.165, 1.54) is 0 Å². The minimum absolute atomic E-state index is 0.464. The fourth-order valence-electron chi connectivity index (χ4n) is 4.40. The number of hydrogen-bond acceptors (Lipinski definition) is 7. The molecule has 9 nitrogen and oxygen atoms in total. The molecule has 7 rings (SSSR count). The second kappa shape index (κ2) is 9.21. The van der Waals surface area contributed by atoms with Crippen LogP contribution in [0.1, 0.15) is 5.56 Å². The van der Waals surface area contributed by atoms with E-state index in [2.05, 4.69) is 30.1 Å². The van der Waals surface area contributed by atoms with Crippen LogP contribution in [0.2, 0.25) is 0 Å². The first kappa shape index (κ1) is 21.8. The van der Waals surface area contributed by atoms with Crippen molar-refractivity contribution < 1.29 is 4.74 Å². The average Bonchev–Trinajstić information content (AvgIpc) is 3.61. The van der Waals surface area contributed by atoms with Gasteiger partial charge in [-0.3, -0.25) is 15.1 Å². The molecule has 0 aliphatic rings. The Morgan fingerprint density at radius 3 is 2.58 bits per heavy atom. The highest BCUT2D eigenvalue weighted by Gasteiger charge is 2.17. The van der Waals surface area contributed by atoms with Gasteiger partial charge in [0.1, 0.15) is 17.9 Å². The van der Waals surface area contributed by atoms with Gasteiger partial charge >= 0.3 is 0 Å². The number of rotatable bonds is 6. The Balaban J connectivity index is 1.24. The van der Waals surface area contributed by atoms with E-state index in [4.69, 9.17) is 14.7 Å². The van der Waals surface area contributed by atoms with Gasteiger partial charge in [-0.1, -0.05) is 30.3 Å². The number of nitrogens with one attached hydrogen (secondary N) is 2. The molecule has 0 saturated heterocycles. The largest absolute Gasteiger partial charge is 0.487 e. The van der Waals surface area contributed by atoms with Crippen LogP contribution in [0.25, 0.3) is 56.1 Å². The van der Waals surface area contributed by atoms with E-state index < -0.39 is 0 Å². The van der Waals surface area contributed by atoms with Gasteiger partial charge in [0, 0.05) is 35.9 Å². The summed E-state index contributed by atoms with van der Waals surface area (Å²) in [6.45, 7) is 0.464. The summed E-state index contributed by atoms with van der Waals surface area (Å²) in [7, 11) is 0. The van der Waals surface area contributed by atoms with E-state index in [0.717, 1.165) is 39.0 Å². The second-order valence-electron chi connectivity index (χ2n) is 8.73. The number of pyridine rings is 4. The molecule has 0 amide bonds. The number of aromatic amines is 2. The molecule has 6 heterocycles. The van der Waals surface area contributed by atoms with Crippen molar-refractivity contribution in [1.29, 1.82) is 0 Å². The van der Waals surface area contributed by atoms with Crippen LogP contribution < -0.4 is 4.74 Å². The minimum atomic E-state index is 0.464. The van der Waals surface area contributed by atoms with Crippen LogP contribution in [0, 0.1) is 0 Å². The molecule has 0 aliphatic carbocycles. The van der Waals surface area contributed by atoms with E-state index in [1.54, 1.807) is 31.0 Å². The zero-order valence-electron chi connectivity index (χ0n) is 20.0. The van der Waals surface area contributed by atoms with Crippen LogP contribution in [-0.2, 0) is 6.61 Å². The number of imidazole rings is 1. The van der Waals surface area contributed by atoms with Gasteiger partial charge < -0.3 is 9.72 Å². The maximum atomic E-state index is 5.97. The lowest BCUT2D eigenvalue weighted by Crippen LogP contribution is -1.96. The molecule has 0 fully saturated rings. The first-order chi connectivity index (χ1) is 18.8. The van der Waals surface area contributed by atoms with Crippen molar-refractivity contribution in [1.82, 2.24) is 40.1 Å². The van der Waals surface area contributed by atoms with E-state index >= 15 is 0 Å². The maximum Gasteiger partial charge on any atom is 0.178 e. The SMILES string of the molecule is c1ccc(COc2cncc(-c3ccc4[nH]nc(-c5nc6nccc(-c7ccncc7)c6[nH]5)c4n3)c2)cc1. The summed E-state index contributed by atoms with van der Waals surface area (Å²) in [4.78, 5) is 26.0. The highest BCUT2D eigenvalue weighted by molar-refractivity contribution is 5.94. The van der Waals surface area contributed by atoms with Crippen molar-refractivity contribution in [3.63, 3.8) is 0 Å². The van der Waals surface area contributed by atoms with Crippen molar-refractivity contribution in [2.45, 2.75) is 6.61 Å². The fourth-order valence-corrected chi connectivity index (χ4v) is 4.40. The molecule has 0 saturated carbocycles. The van der Waals surface area contributed by atoms with Gasteiger partial charge in [0.15, 0.2) is 17.2 Å². The third-order valence-corrected chi connectivity index (χ3v) is 6.27. The molecule has 0 unspecified atom stereocenters. The third kappa shape index (κ3) is 4.01. The third-order valence-electron chi connectivity index (χ3n) is 6.27. The van der Waals surface area contributed by atoms with Gasteiger partial charge in [0.05, 0.1) is 22.9 Å². The van der Waals surface area contributed by atoms with Crippen LogP contribution in [0.5, 0.6) is 5.75 Å². The fraction of sp³-hybridized carbons (Fsp3) is 0.0345. The molecular weight excluding hydrogens is 476 g/mol. The lowest BCUT2D eigenvalue weighted by Gasteiger charge is -2.08. The van der Waals surface area contributed by atoms with Crippen molar-refractivity contribution in [2.24, 2.45) is 0 Å². The predicted molar refractivity (Wildman–Crippen MR) is 144 cm³/mol. The monoisotopic (exact) mass is 496 g/mol. The predicted octanol–water partition coefficient (Wildman–Crippen LogP) is 5.60. The minimum Gasteiger partial charge on any atom is -0.487 e. The van der Waals surface area contributed by atoms with Crippen LogP contribution in [0.3, 0.4) is 0 Å².